The van der Waals surface area contributed by atoms with Crippen LogP contribution >= 0.6 is 0 Å². The number of hydrogen-bond acceptors (Lipinski definition) is 6. The Balaban J connectivity index is 0.000000252. The predicted molar refractivity (Wildman–Crippen MR) is 105 cm³/mol. The second kappa shape index (κ2) is 9.94. The summed E-state index contributed by atoms with van der Waals surface area (Å²) in [5.74, 6) is -0.444. The zero-order valence-corrected chi connectivity index (χ0v) is 16.1. The molecule has 0 bridgehead atoms. The van der Waals surface area contributed by atoms with E-state index in [-0.39, 0.29) is 23.1 Å². The van der Waals surface area contributed by atoms with Crippen molar-refractivity contribution in [3.05, 3.63) is 74.9 Å². The summed E-state index contributed by atoms with van der Waals surface area (Å²) < 4.78 is 23.8. The topological polar surface area (TPSA) is 102 Å². The molecule has 2 N–H and O–H groups in total. The second-order valence-corrected chi connectivity index (χ2v) is 6.72. The van der Waals surface area contributed by atoms with Crippen molar-refractivity contribution >= 4 is 0 Å². The van der Waals surface area contributed by atoms with Crippen molar-refractivity contribution in [2.24, 2.45) is 5.92 Å². The summed E-state index contributed by atoms with van der Waals surface area (Å²) in [6, 6.07) is 10.1. The van der Waals surface area contributed by atoms with Gasteiger partial charge in [-0.2, -0.15) is 0 Å². The van der Waals surface area contributed by atoms with Gasteiger partial charge < -0.3 is 14.6 Å². The number of aryl methyl sites for hydroxylation is 1. The van der Waals surface area contributed by atoms with Gasteiger partial charge in [0.25, 0.3) is 5.56 Å². The van der Waals surface area contributed by atoms with Gasteiger partial charge in [-0.3, -0.25) is 14.3 Å². The van der Waals surface area contributed by atoms with E-state index in [0.29, 0.717) is 30.9 Å². The van der Waals surface area contributed by atoms with E-state index in [1.54, 1.807) is 42.0 Å². The van der Waals surface area contributed by atoms with Crippen LogP contribution in [-0.2, 0) is 11.3 Å². The lowest BCUT2D eigenvalue weighted by Crippen LogP contribution is -2.31. The Labute approximate surface area is 166 Å². The molecule has 1 aliphatic heterocycles. The third-order valence-corrected chi connectivity index (χ3v) is 4.46. The van der Waals surface area contributed by atoms with Gasteiger partial charge in [0.1, 0.15) is 5.82 Å². The predicted octanol–water partition coefficient (Wildman–Crippen LogP) is 1.56. The van der Waals surface area contributed by atoms with Gasteiger partial charge in [0.2, 0.25) is 0 Å². The van der Waals surface area contributed by atoms with Crippen LogP contribution in [-0.4, -0.2) is 41.0 Å². The fourth-order valence-electron chi connectivity index (χ4n) is 2.91. The number of nitrogens with one attached hydrogen (secondary N) is 2. The van der Waals surface area contributed by atoms with E-state index in [9.17, 15) is 14.0 Å². The molecule has 2 aromatic heterocycles. The lowest BCUT2D eigenvalue weighted by molar-refractivity contribution is 0.117. The van der Waals surface area contributed by atoms with Gasteiger partial charge in [0.05, 0.1) is 18.8 Å². The third kappa shape index (κ3) is 5.72. The molecule has 1 saturated heterocycles. The molecule has 4 rings (SSSR count). The van der Waals surface area contributed by atoms with Crippen molar-refractivity contribution in [3.63, 3.8) is 0 Å². The zero-order valence-electron chi connectivity index (χ0n) is 16.1. The zero-order chi connectivity index (χ0) is 20.6. The highest BCUT2D eigenvalue weighted by atomic mass is 19.1. The number of aromatic amines is 1. The first-order chi connectivity index (χ1) is 14.0. The second-order valence-electron chi connectivity index (χ2n) is 6.72. The van der Waals surface area contributed by atoms with Crippen LogP contribution in [0.4, 0.5) is 4.39 Å². The average Bonchev–Trinajstić information content (AvgIpc) is 2.98. The minimum atomic E-state index is -0.679. The number of nitrogens with zero attached hydrogens (tertiary/aromatic N) is 2. The molecule has 3 aromatic rings. The average molecular weight is 402 g/mol. The molecule has 1 unspecified atom stereocenters. The minimum Gasteiger partial charge on any atom is -0.380 e. The highest BCUT2D eigenvalue weighted by molar-refractivity contribution is 5.51. The van der Waals surface area contributed by atoms with Crippen LogP contribution in [0.3, 0.4) is 0 Å². The smallest absolute Gasteiger partial charge is 0.380 e. The van der Waals surface area contributed by atoms with E-state index in [2.05, 4.69) is 20.0 Å². The van der Waals surface area contributed by atoms with E-state index in [1.165, 1.54) is 6.07 Å². The molecular weight excluding hydrogens is 379 g/mol. The van der Waals surface area contributed by atoms with E-state index >= 15 is 0 Å². The van der Waals surface area contributed by atoms with Crippen molar-refractivity contribution in [1.29, 1.82) is 0 Å². The van der Waals surface area contributed by atoms with E-state index < -0.39 is 5.76 Å². The Morgan fingerprint density at radius 3 is 2.76 bits per heavy atom. The Hall–Kier alpha value is -3.04. The Kier molecular flexibility index (Phi) is 7.09. The van der Waals surface area contributed by atoms with Crippen LogP contribution in [0, 0.1) is 18.7 Å². The van der Waals surface area contributed by atoms with Gasteiger partial charge in [0.15, 0.2) is 5.82 Å². The van der Waals surface area contributed by atoms with Crippen LogP contribution in [0.15, 0.2) is 56.7 Å². The molecule has 154 valence electrons. The van der Waals surface area contributed by atoms with Crippen molar-refractivity contribution in [1.82, 2.24) is 20.0 Å². The lowest BCUT2D eigenvalue weighted by atomic mass is 10.1. The number of halogens is 1. The Bertz CT molecular complexity index is 1010. The summed E-state index contributed by atoms with van der Waals surface area (Å²) in [7, 11) is 0. The molecule has 0 saturated carbocycles. The maximum atomic E-state index is 12.4. The fourth-order valence-corrected chi connectivity index (χ4v) is 2.91. The van der Waals surface area contributed by atoms with Crippen LogP contribution in [0.5, 0.6) is 0 Å². The highest BCUT2D eigenvalue weighted by Gasteiger charge is 2.16. The first-order valence-electron chi connectivity index (χ1n) is 9.30. The number of aromatic nitrogens is 3. The normalized spacial score (nSPS) is 16.6. The number of benzene rings is 1. The molecular formula is C20H23FN4O4. The summed E-state index contributed by atoms with van der Waals surface area (Å²) in [6.45, 7) is 5.22. The third-order valence-electron chi connectivity index (χ3n) is 4.46. The maximum Gasteiger partial charge on any atom is 0.439 e. The number of hydrogen-bond donors (Lipinski definition) is 2. The molecule has 0 amide bonds. The molecule has 1 atom stereocenters. The standard InChI is InChI=1S/C13H16N4O4.C7H7F/c18-12-10(11-15-13(19)21-16-11)2-1-4-17(12)7-9-6-14-3-5-20-8-9;1-6-4-2-3-5-7(6)8/h1-2,4,9,14H,3,5-8H2,(H,15,16,19);2-5H,1H3. The van der Waals surface area contributed by atoms with Crippen LogP contribution in [0.1, 0.15) is 5.56 Å². The molecule has 29 heavy (non-hydrogen) atoms. The van der Waals surface area contributed by atoms with Crippen LogP contribution in [0.2, 0.25) is 0 Å². The fraction of sp³-hybridized carbons (Fsp3) is 0.350. The summed E-state index contributed by atoms with van der Waals surface area (Å²) in [5.41, 5.74) is 0.796. The Morgan fingerprint density at radius 2 is 2.07 bits per heavy atom. The van der Waals surface area contributed by atoms with Gasteiger partial charge >= 0.3 is 5.76 Å². The molecule has 1 aromatic carbocycles. The SMILES string of the molecule is Cc1ccccc1F.O=c1[nH]c(-c2cccn(CC3CNCCOC3)c2=O)no1. The summed E-state index contributed by atoms with van der Waals surface area (Å²) in [5, 5.41) is 6.83. The molecule has 1 aliphatic rings. The lowest BCUT2D eigenvalue weighted by Gasteiger charge is -2.15. The minimum absolute atomic E-state index is 0.132. The quantitative estimate of drug-likeness (QED) is 0.689. The number of ether oxygens (including phenoxy) is 1. The largest absolute Gasteiger partial charge is 0.439 e. The monoisotopic (exact) mass is 402 g/mol. The van der Waals surface area contributed by atoms with Gasteiger partial charge in [-0.05, 0) is 30.7 Å². The van der Waals surface area contributed by atoms with E-state index in [1.807, 2.05) is 6.07 Å². The first-order valence-corrected chi connectivity index (χ1v) is 9.30. The maximum absolute atomic E-state index is 12.4. The Morgan fingerprint density at radius 1 is 1.24 bits per heavy atom. The van der Waals surface area contributed by atoms with Crippen molar-refractivity contribution in [2.75, 3.05) is 26.3 Å². The van der Waals surface area contributed by atoms with E-state index in [0.717, 1.165) is 13.1 Å². The van der Waals surface area contributed by atoms with Crippen molar-refractivity contribution in [2.45, 2.75) is 13.5 Å². The van der Waals surface area contributed by atoms with Gasteiger partial charge in [0, 0.05) is 31.7 Å². The number of H-pyrrole nitrogens is 1. The highest BCUT2D eigenvalue weighted by Crippen LogP contribution is 2.09. The molecule has 8 nitrogen and oxygen atoms in total. The molecule has 0 aliphatic carbocycles. The summed E-state index contributed by atoms with van der Waals surface area (Å²) >= 11 is 0. The molecule has 3 heterocycles. The van der Waals surface area contributed by atoms with Gasteiger partial charge in [-0.15, -0.1) is 0 Å². The van der Waals surface area contributed by atoms with E-state index in [4.69, 9.17) is 4.74 Å². The van der Waals surface area contributed by atoms with Crippen LogP contribution < -0.4 is 16.6 Å². The summed E-state index contributed by atoms with van der Waals surface area (Å²) in [4.78, 5) is 25.8. The van der Waals surface area contributed by atoms with Crippen molar-refractivity contribution < 1.29 is 13.7 Å². The molecule has 0 radical (unpaired) electrons. The number of pyridine rings is 1. The van der Waals surface area contributed by atoms with Crippen molar-refractivity contribution in [3.8, 4) is 11.4 Å². The first kappa shape index (κ1) is 20.7. The van der Waals surface area contributed by atoms with Gasteiger partial charge in [-0.25, -0.2) is 9.18 Å². The van der Waals surface area contributed by atoms with Gasteiger partial charge in [-0.1, -0.05) is 23.4 Å². The molecule has 1 fully saturated rings. The molecule has 9 heteroatoms. The number of rotatable bonds is 3. The summed E-state index contributed by atoms with van der Waals surface area (Å²) in [6.07, 6.45) is 1.72. The van der Waals surface area contributed by atoms with Crippen LogP contribution in [0.25, 0.3) is 11.4 Å². The molecule has 0 spiro atoms.